The second-order valence-electron chi connectivity index (χ2n) is 6.64. The Balaban J connectivity index is 0.000000303. The van der Waals surface area contributed by atoms with Gasteiger partial charge in [-0.2, -0.15) is 0 Å². The van der Waals surface area contributed by atoms with Crippen LogP contribution in [0.15, 0.2) is 72.8 Å². The lowest BCUT2D eigenvalue weighted by atomic mass is 10.1. The highest BCUT2D eigenvalue weighted by atomic mass is 16.6. The van der Waals surface area contributed by atoms with Crippen LogP contribution in [0.5, 0.6) is 0 Å². The minimum atomic E-state index is -1.22. The largest absolute Gasteiger partial charge is 0.478 e. The van der Waals surface area contributed by atoms with Gasteiger partial charge < -0.3 is 25.2 Å². The summed E-state index contributed by atoms with van der Waals surface area (Å²) in [6, 6.07) is 15.2. The highest BCUT2D eigenvalue weighted by molar-refractivity contribution is 6.04. The second kappa shape index (κ2) is 11.5. The number of carboxylic acids is 4. The Morgan fingerprint density at radius 3 is 0.914 bits per heavy atom. The quantitative estimate of drug-likeness (QED) is 0.299. The summed E-state index contributed by atoms with van der Waals surface area (Å²) < 4.78 is 4.63. The van der Waals surface area contributed by atoms with Gasteiger partial charge >= 0.3 is 35.8 Å². The highest BCUT2D eigenvalue weighted by Gasteiger charge is 2.17. The summed E-state index contributed by atoms with van der Waals surface area (Å²) in [4.78, 5) is 66.2. The molecule has 35 heavy (non-hydrogen) atoms. The monoisotopic (exact) mass is 480 g/mol. The van der Waals surface area contributed by atoms with Gasteiger partial charge in [0.1, 0.15) is 0 Å². The Morgan fingerprint density at radius 2 is 0.657 bits per heavy atom. The zero-order chi connectivity index (χ0) is 26.1. The predicted octanol–water partition coefficient (Wildman–Crippen LogP) is 3.16. The predicted molar refractivity (Wildman–Crippen MR) is 117 cm³/mol. The first-order valence-electron chi connectivity index (χ1n) is 9.49. The smallest absolute Gasteiger partial charge is 0.346 e. The van der Waals surface area contributed by atoms with Crippen LogP contribution in [0.25, 0.3) is 0 Å². The van der Waals surface area contributed by atoms with Crippen LogP contribution in [0.1, 0.15) is 62.1 Å². The molecule has 0 fully saturated rings. The number of aromatic carboxylic acids is 4. The Labute approximate surface area is 196 Å². The lowest BCUT2D eigenvalue weighted by Crippen LogP contribution is -2.14. The standard InChI is InChI=1S/C16H10O7.C8H6O4/c17-13(18)9-3-1-5-11(7-9)15(21)23-16(22)12-6-2-4-10(8-12)14(19)20;9-7(10)5-2-1-3-6(4-5)8(11)12/h1-8H,(H,17,18)(H,19,20);1-4H,(H,9,10)(H,11,12). The fourth-order valence-corrected chi connectivity index (χ4v) is 2.55. The van der Waals surface area contributed by atoms with Crippen molar-refractivity contribution >= 4 is 35.8 Å². The van der Waals surface area contributed by atoms with E-state index in [4.69, 9.17) is 20.4 Å². The van der Waals surface area contributed by atoms with Crippen LogP contribution >= 0.6 is 0 Å². The van der Waals surface area contributed by atoms with Crippen molar-refractivity contribution in [3.63, 3.8) is 0 Å². The maximum atomic E-state index is 11.9. The van der Waals surface area contributed by atoms with Gasteiger partial charge in [0.25, 0.3) is 0 Å². The zero-order valence-electron chi connectivity index (χ0n) is 17.6. The molecule has 0 saturated heterocycles. The number of carbonyl (C=O) groups excluding carboxylic acids is 2. The summed E-state index contributed by atoms with van der Waals surface area (Å²) in [5.74, 6) is -6.76. The molecule has 0 aromatic heterocycles. The van der Waals surface area contributed by atoms with Crippen molar-refractivity contribution in [3.05, 3.63) is 106 Å². The molecule has 0 bridgehead atoms. The minimum absolute atomic E-state index is 0.0186. The molecule has 0 amide bonds. The molecule has 0 aliphatic rings. The van der Waals surface area contributed by atoms with E-state index in [0.717, 1.165) is 18.2 Å². The molecule has 0 saturated carbocycles. The maximum absolute atomic E-state index is 11.9. The van der Waals surface area contributed by atoms with Crippen LogP contribution in [0, 0.1) is 0 Å². The SMILES string of the molecule is O=C(O)c1cccc(C(=O)O)c1.O=C(O)c1cccc(C(=O)OC(=O)c2cccc(C(=O)O)c2)c1. The molecule has 0 atom stereocenters. The molecular formula is C24H16O11. The molecule has 0 unspecified atom stereocenters. The molecule has 0 aliphatic carbocycles. The Kier molecular flexibility index (Phi) is 8.53. The molecule has 3 aromatic rings. The molecule has 178 valence electrons. The molecule has 11 heteroatoms. The van der Waals surface area contributed by atoms with Crippen molar-refractivity contribution in [1.82, 2.24) is 0 Å². The van der Waals surface area contributed by atoms with Gasteiger partial charge in [-0.05, 0) is 54.6 Å². The first-order chi connectivity index (χ1) is 16.5. The van der Waals surface area contributed by atoms with Crippen LogP contribution in [-0.2, 0) is 4.74 Å². The fourth-order valence-electron chi connectivity index (χ4n) is 2.55. The molecule has 0 aliphatic heterocycles. The summed E-state index contributed by atoms with van der Waals surface area (Å²) in [7, 11) is 0. The third-order valence-corrected chi connectivity index (χ3v) is 4.23. The number of esters is 2. The van der Waals surface area contributed by atoms with Gasteiger partial charge in [0.05, 0.1) is 33.4 Å². The normalized spacial score (nSPS) is 9.71. The van der Waals surface area contributed by atoms with Crippen LogP contribution in [0.2, 0.25) is 0 Å². The topological polar surface area (TPSA) is 193 Å². The van der Waals surface area contributed by atoms with E-state index in [0.29, 0.717) is 0 Å². The van der Waals surface area contributed by atoms with Gasteiger partial charge in [0.15, 0.2) is 0 Å². The summed E-state index contributed by atoms with van der Waals surface area (Å²) in [5, 5.41) is 34.7. The molecule has 0 heterocycles. The Hall–Kier alpha value is -5.32. The first-order valence-corrected chi connectivity index (χ1v) is 9.49. The number of benzene rings is 3. The van der Waals surface area contributed by atoms with Crippen LogP contribution in [-0.4, -0.2) is 56.2 Å². The van der Waals surface area contributed by atoms with E-state index in [-0.39, 0.29) is 33.4 Å². The van der Waals surface area contributed by atoms with Crippen LogP contribution < -0.4 is 0 Å². The lowest BCUT2D eigenvalue weighted by Gasteiger charge is -2.04. The van der Waals surface area contributed by atoms with Crippen molar-refractivity contribution < 1.29 is 53.9 Å². The fraction of sp³-hybridized carbons (Fsp3) is 0. The van der Waals surface area contributed by atoms with E-state index in [1.807, 2.05) is 0 Å². The van der Waals surface area contributed by atoms with Crippen molar-refractivity contribution in [2.24, 2.45) is 0 Å². The Bertz CT molecular complexity index is 1230. The van der Waals surface area contributed by atoms with Gasteiger partial charge in [-0.25, -0.2) is 28.8 Å². The number of hydrogen-bond acceptors (Lipinski definition) is 7. The number of carboxylic acid groups (broad SMARTS) is 4. The second-order valence-corrected chi connectivity index (χ2v) is 6.64. The van der Waals surface area contributed by atoms with Crippen LogP contribution in [0.4, 0.5) is 0 Å². The van der Waals surface area contributed by atoms with Crippen molar-refractivity contribution in [3.8, 4) is 0 Å². The van der Waals surface area contributed by atoms with Crippen molar-refractivity contribution in [2.45, 2.75) is 0 Å². The van der Waals surface area contributed by atoms with Gasteiger partial charge in [-0.3, -0.25) is 0 Å². The molecule has 3 rings (SSSR count). The Morgan fingerprint density at radius 1 is 0.429 bits per heavy atom. The van der Waals surface area contributed by atoms with Crippen molar-refractivity contribution in [2.75, 3.05) is 0 Å². The number of rotatable bonds is 6. The molecule has 11 nitrogen and oxygen atoms in total. The highest BCUT2D eigenvalue weighted by Crippen LogP contribution is 2.11. The van der Waals surface area contributed by atoms with E-state index < -0.39 is 35.8 Å². The molecule has 0 radical (unpaired) electrons. The van der Waals surface area contributed by atoms with E-state index >= 15 is 0 Å². The van der Waals surface area contributed by atoms with Gasteiger partial charge in [-0.1, -0.05) is 18.2 Å². The van der Waals surface area contributed by atoms with Crippen molar-refractivity contribution in [1.29, 1.82) is 0 Å². The lowest BCUT2D eigenvalue weighted by molar-refractivity contribution is 0.0396. The third-order valence-electron chi connectivity index (χ3n) is 4.23. The summed E-state index contributed by atoms with van der Waals surface area (Å²) in [6.45, 7) is 0. The molecule has 3 aromatic carbocycles. The van der Waals surface area contributed by atoms with Gasteiger partial charge in [0, 0.05) is 0 Å². The van der Waals surface area contributed by atoms with E-state index in [2.05, 4.69) is 4.74 Å². The minimum Gasteiger partial charge on any atom is -0.478 e. The molecular weight excluding hydrogens is 464 g/mol. The molecule has 0 spiro atoms. The summed E-state index contributed by atoms with van der Waals surface area (Å²) in [6.07, 6.45) is 0. The van der Waals surface area contributed by atoms with Gasteiger partial charge in [-0.15, -0.1) is 0 Å². The van der Waals surface area contributed by atoms with E-state index in [9.17, 15) is 28.8 Å². The summed E-state index contributed by atoms with van der Waals surface area (Å²) in [5.41, 5.74) is -0.496. The number of ether oxygens (including phenoxy) is 1. The summed E-state index contributed by atoms with van der Waals surface area (Å²) >= 11 is 0. The number of hydrogen-bond donors (Lipinski definition) is 4. The first kappa shape index (κ1) is 25.9. The number of carbonyl (C=O) groups is 6. The van der Waals surface area contributed by atoms with Gasteiger partial charge in [0.2, 0.25) is 0 Å². The average molecular weight is 480 g/mol. The average Bonchev–Trinajstić information content (AvgIpc) is 2.84. The van der Waals surface area contributed by atoms with Crippen LogP contribution in [0.3, 0.4) is 0 Å². The maximum Gasteiger partial charge on any atom is 0.346 e. The van der Waals surface area contributed by atoms with E-state index in [1.165, 1.54) is 54.6 Å². The molecule has 4 N–H and O–H groups in total. The zero-order valence-corrected chi connectivity index (χ0v) is 17.6. The third kappa shape index (κ3) is 7.36. The van der Waals surface area contributed by atoms with E-state index in [1.54, 1.807) is 0 Å².